The number of ether oxygens (including phenoxy) is 1. The molecule has 1 saturated heterocycles. The summed E-state index contributed by atoms with van der Waals surface area (Å²) in [6.07, 6.45) is 1.38. The fourth-order valence-electron chi connectivity index (χ4n) is 3.80. The Morgan fingerprint density at radius 3 is 2.58 bits per heavy atom. The molecule has 0 spiro atoms. The molecule has 174 valence electrons. The van der Waals surface area contributed by atoms with Crippen LogP contribution < -0.4 is 5.32 Å². The molecule has 33 heavy (non-hydrogen) atoms. The topological polar surface area (TPSA) is 70.8 Å². The summed E-state index contributed by atoms with van der Waals surface area (Å²) in [6.45, 7) is 5.86. The third-order valence-corrected chi connectivity index (χ3v) is 5.56. The van der Waals surface area contributed by atoms with Crippen molar-refractivity contribution in [3.63, 3.8) is 0 Å². The molecule has 0 radical (unpaired) electrons. The third-order valence-electron chi connectivity index (χ3n) is 5.56. The second-order valence-electron chi connectivity index (χ2n) is 8.06. The van der Waals surface area contributed by atoms with E-state index in [0.29, 0.717) is 37.6 Å². The minimum atomic E-state index is -0.262. The summed E-state index contributed by atoms with van der Waals surface area (Å²) < 4.78 is 25.2. The first kappa shape index (κ1) is 23.1. The zero-order chi connectivity index (χ0) is 22.9. The van der Waals surface area contributed by atoms with Crippen LogP contribution in [-0.4, -0.2) is 60.1 Å². The maximum atomic E-state index is 14.3. The van der Waals surface area contributed by atoms with Gasteiger partial charge in [-0.05, 0) is 11.6 Å². The van der Waals surface area contributed by atoms with E-state index in [9.17, 15) is 9.18 Å². The summed E-state index contributed by atoms with van der Waals surface area (Å²) in [5.41, 5.74) is 1.94. The SMILES string of the molecule is O=C(NCCN1CCOCC1)c1coc(CN(Cc2ccccc2)Cc2ccccc2F)n1. The molecule has 0 saturated carbocycles. The molecule has 8 heteroatoms. The Morgan fingerprint density at radius 1 is 1.03 bits per heavy atom. The monoisotopic (exact) mass is 452 g/mol. The fraction of sp³-hybridized carbons (Fsp3) is 0.360. The van der Waals surface area contributed by atoms with Crippen molar-refractivity contribution in [3.05, 3.63) is 89.4 Å². The Balaban J connectivity index is 1.36. The van der Waals surface area contributed by atoms with E-state index in [0.717, 1.165) is 38.4 Å². The summed E-state index contributed by atoms with van der Waals surface area (Å²) in [5.74, 6) is -0.0918. The summed E-state index contributed by atoms with van der Waals surface area (Å²) >= 11 is 0. The highest BCUT2D eigenvalue weighted by Crippen LogP contribution is 2.16. The van der Waals surface area contributed by atoms with Gasteiger partial charge in [0.05, 0.1) is 19.8 Å². The summed E-state index contributed by atoms with van der Waals surface area (Å²) in [4.78, 5) is 21.1. The number of morpholine rings is 1. The summed E-state index contributed by atoms with van der Waals surface area (Å²) in [5, 5.41) is 2.89. The number of nitrogens with one attached hydrogen (secondary N) is 1. The lowest BCUT2D eigenvalue weighted by Gasteiger charge is -2.26. The highest BCUT2D eigenvalue weighted by Gasteiger charge is 2.17. The van der Waals surface area contributed by atoms with Gasteiger partial charge in [0.1, 0.15) is 12.1 Å². The largest absolute Gasteiger partial charge is 0.447 e. The molecule has 0 aliphatic carbocycles. The Bertz CT molecular complexity index is 1020. The first-order chi connectivity index (χ1) is 16.2. The molecule has 4 rings (SSSR count). The number of halogens is 1. The molecule has 0 atom stereocenters. The molecule has 1 N–H and O–H groups in total. The Labute approximate surface area is 193 Å². The van der Waals surface area contributed by atoms with Crippen molar-refractivity contribution < 1.29 is 18.3 Å². The van der Waals surface area contributed by atoms with Gasteiger partial charge in [-0.15, -0.1) is 0 Å². The van der Waals surface area contributed by atoms with E-state index in [1.165, 1.54) is 12.3 Å². The number of hydrogen-bond acceptors (Lipinski definition) is 6. The van der Waals surface area contributed by atoms with Gasteiger partial charge in [0.15, 0.2) is 5.69 Å². The van der Waals surface area contributed by atoms with E-state index < -0.39 is 0 Å². The molecule has 0 unspecified atom stereocenters. The number of benzene rings is 2. The standard InChI is InChI=1S/C25H29FN4O3/c26-22-9-5-4-8-21(22)17-30(16-20-6-2-1-3-7-20)18-24-28-23(19-33-24)25(31)27-10-11-29-12-14-32-15-13-29/h1-9,19H,10-18H2,(H,27,31). The average Bonchev–Trinajstić information content (AvgIpc) is 3.30. The number of carbonyl (C=O) groups is 1. The van der Waals surface area contributed by atoms with Crippen LogP contribution >= 0.6 is 0 Å². The third kappa shape index (κ3) is 6.95. The predicted molar refractivity (Wildman–Crippen MR) is 122 cm³/mol. The normalized spacial score (nSPS) is 14.5. The van der Waals surface area contributed by atoms with E-state index in [2.05, 4.69) is 15.2 Å². The average molecular weight is 453 g/mol. The lowest BCUT2D eigenvalue weighted by molar-refractivity contribution is 0.0383. The van der Waals surface area contributed by atoms with Crippen LogP contribution in [0.25, 0.3) is 0 Å². The van der Waals surface area contributed by atoms with Crippen molar-refractivity contribution in [3.8, 4) is 0 Å². The maximum absolute atomic E-state index is 14.3. The molecule has 1 amide bonds. The van der Waals surface area contributed by atoms with Gasteiger partial charge < -0.3 is 14.5 Å². The molecule has 1 fully saturated rings. The van der Waals surface area contributed by atoms with Gasteiger partial charge in [-0.2, -0.15) is 0 Å². The lowest BCUT2D eigenvalue weighted by Crippen LogP contribution is -2.41. The van der Waals surface area contributed by atoms with Crippen LogP contribution in [0.5, 0.6) is 0 Å². The molecule has 7 nitrogen and oxygen atoms in total. The zero-order valence-electron chi connectivity index (χ0n) is 18.6. The van der Waals surface area contributed by atoms with Gasteiger partial charge in [-0.3, -0.25) is 14.6 Å². The molecule has 2 heterocycles. The van der Waals surface area contributed by atoms with Crippen LogP contribution in [0.4, 0.5) is 4.39 Å². The van der Waals surface area contributed by atoms with E-state index in [-0.39, 0.29) is 17.4 Å². The second kappa shape index (κ2) is 11.7. The molecule has 1 aromatic heterocycles. The van der Waals surface area contributed by atoms with E-state index in [1.54, 1.807) is 12.1 Å². The smallest absolute Gasteiger partial charge is 0.273 e. The van der Waals surface area contributed by atoms with Crippen LogP contribution in [0.2, 0.25) is 0 Å². The first-order valence-electron chi connectivity index (χ1n) is 11.2. The van der Waals surface area contributed by atoms with Gasteiger partial charge in [-0.25, -0.2) is 9.37 Å². The predicted octanol–water partition coefficient (Wildman–Crippen LogP) is 3.08. The highest BCUT2D eigenvalue weighted by atomic mass is 19.1. The van der Waals surface area contributed by atoms with Crippen molar-refractivity contribution >= 4 is 5.91 Å². The highest BCUT2D eigenvalue weighted by molar-refractivity contribution is 5.91. The van der Waals surface area contributed by atoms with Crippen LogP contribution in [-0.2, 0) is 24.4 Å². The molecule has 1 aliphatic heterocycles. The zero-order valence-corrected chi connectivity index (χ0v) is 18.6. The van der Waals surface area contributed by atoms with Crippen molar-refractivity contribution in [1.29, 1.82) is 0 Å². The number of aromatic nitrogens is 1. The van der Waals surface area contributed by atoms with Crippen molar-refractivity contribution in [2.45, 2.75) is 19.6 Å². The lowest BCUT2D eigenvalue weighted by atomic mass is 10.1. The van der Waals surface area contributed by atoms with E-state index in [1.807, 2.05) is 41.3 Å². The van der Waals surface area contributed by atoms with Crippen LogP contribution in [0.15, 0.2) is 65.3 Å². The Kier molecular flexibility index (Phi) is 8.19. The van der Waals surface area contributed by atoms with Gasteiger partial charge in [0, 0.05) is 44.8 Å². The molecule has 1 aliphatic rings. The van der Waals surface area contributed by atoms with Gasteiger partial charge in [0.25, 0.3) is 5.91 Å². The van der Waals surface area contributed by atoms with Gasteiger partial charge in [0.2, 0.25) is 5.89 Å². The van der Waals surface area contributed by atoms with Crippen molar-refractivity contribution in [1.82, 2.24) is 20.1 Å². The maximum Gasteiger partial charge on any atom is 0.273 e. The molecule has 2 aromatic carbocycles. The van der Waals surface area contributed by atoms with Crippen molar-refractivity contribution in [2.24, 2.45) is 0 Å². The number of amides is 1. The van der Waals surface area contributed by atoms with Crippen molar-refractivity contribution in [2.75, 3.05) is 39.4 Å². The minimum Gasteiger partial charge on any atom is -0.447 e. The van der Waals surface area contributed by atoms with Crippen LogP contribution in [0.3, 0.4) is 0 Å². The van der Waals surface area contributed by atoms with Gasteiger partial charge in [-0.1, -0.05) is 48.5 Å². The number of hydrogen-bond donors (Lipinski definition) is 1. The number of rotatable bonds is 10. The summed E-state index contributed by atoms with van der Waals surface area (Å²) in [6, 6.07) is 16.7. The Hall–Kier alpha value is -3.07. The quantitative estimate of drug-likeness (QED) is 0.510. The van der Waals surface area contributed by atoms with Crippen LogP contribution in [0, 0.1) is 5.82 Å². The molecule has 3 aromatic rings. The number of carbonyl (C=O) groups excluding carboxylic acids is 1. The summed E-state index contributed by atoms with van der Waals surface area (Å²) in [7, 11) is 0. The molecular weight excluding hydrogens is 423 g/mol. The molecule has 0 bridgehead atoms. The first-order valence-corrected chi connectivity index (χ1v) is 11.2. The van der Waals surface area contributed by atoms with Gasteiger partial charge >= 0.3 is 0 Å². The Morgan fingerprint density at radius 2 is 1.79 bits per heavy atom. The number of oxazole rings is 1. The second-order valence-corrected chi connectivity index (χ2v) is 8.06. The van der Waals surface area contributed by atoms with Crippen LogP contribution in [0.1, 0.15) is 27.5 Å². The molecular formula is C25H29FN4O3. The fourth-order valence-corrected chi connectivity index (χ4v) is 3.80. The number of nitrogens with zero attached hydrogens (tertiary/aromatic N) is 3. The minimum absolute atomic E-state index is 0.247. The van der Waals surface area contributed by atoms with E-state index >= 15 is 0 Å². The van der Waals surface area contributed by atoms with E-state index in [4.69, 9.17) is 9.15 Å².